The molecule has 1 aliphatic rings. The Morgan fingerprint density at radius 2 is 2.07 bits per heavy atom. The molecule has 10 heteroatoms. The summed E-state index contributed by atoms with van der Waals surface area (Å²) in [7, 11) is -2.56. The number of thiophene rings is 1. The first kappa shape index (κ1) is 21.8. The second-order valence-corrected chi connectivity index (χ2v) is 10.1. The number of piperidine rings is 1. The molecule has 1 saturated heterocycles. The number of ether oxygens (including phenoxy) is 1. The number of methoxy groups -OCH3 is 1. The lowest BCUT2D eigenvalue weighted by molar-refractivity contribution is 0.0607. The molecule has 0 spiro atoms. The number of benzene rings is 1. The molecule has 2 aromatic rings. The number of rotatable bonds is 5. The summed E-state index contributed by atoms with van der Waals surface area (Å²) in [6.45, 7) is 2.86. The first-order valence-corrected chi connectivity index (χ1v) is 11.7. The van der Waals surface area contributed by atoms with Gasteiger partial charge in [-0.05, 0) is 48.4 Å². The summed E-state index contributed by atoms with van der Waals surface area (Å²) >= 11 is 7.31. The lowest BCUT2D eigenvalue weighted by Crippen LogP contribution is -2.39. The lowest BCUT2D eigenvalue weighted by Gasteiger charge is -2.30. The number of carbonyl (C=O) groups excluding carboxylic acids is 2. The van der Waals surface area contributed by atoms with Gasteiger partial charge in [-0.2, -0.15) is 4.31 Å². The van der Waals surface area contributed by atoms with Crippen LogP contribution in [-0.4, -0.2) is 44.8 Å². The number of hydrogen-bond donors (Lipinski definition) is 1. The predicted octanol–water partition coefficient (Wildman–Crippen LogP) is 3.86. The van der Waals surface area contributed by atoms with Crippen LogP contribution in [0.25, 0.3) is 0 Å². The second-order valence-electron chi connectivity index (χ2n) is 6.86. The van der Waals surface area contributed by atoms with Crippen molar-refractivity contribution in [3.63, 3.8) is 0 Å². The van der Waals surface area contributed by atoms with E-state index >= 15 is 0 Å². The van der Waals surface area contributed by atoms with E-state index in [1.807, 2.05) is 6.92 Å². The van der Waals surface area contributed by atoms with Gasteiger partial charge in [0.15, 0.2) is 0 Å². The number of anilines is 1. The summed E-state index contributed by atoms with van der Waals surface area (Å²) < 4.78 is 32.3. The topological polar surface area (TPSA) is 92.8 Å². The highest BCUT2D eigenvalue weighted by atomic mass is 35.5. The minimum atomic E-state index is -3.82. The maximum atomic E-state index is 13.1. The number of amides is 1. The van der Waals surface area contributed by atoms with Crippen molar-refractivity contribution in [2.24, 2.45) is 5.92 Å². The molecule has 1 unspecified atom stereocenters. The Bertz CT molecular complexity index is 1030. The zero-order chi connectivity index (χ0) is 21.2. The quantitative estimate of drug-likeness (QED) is 0.689. The van der Waals surface area contributed by atoms with Gasteiger partial charge >= 0.3 is 5.97 Å². The minimum Gasteiger partial charge on any atom is -0.465 e. The maximum absolute atomic E-state index is 13.1. The van der Waals surface area contributed by atoms with Crippen molar-refractivity contribution in [3.05, 3.63) is 45.1 Å². The first-order chi connectivity index (χ1) is 13.7. The van der Waals surface area contributed by atoms with Crippen LogP contribution >= 0.6 is 22.9 Å². The van der Waals surface area contributed by atoms with Crippen molar-refractivity contribution in [1.29, 1.82) is 0 Å². The average Bonchev–Trinajstić information content (AvgIpc) is 3.15. The molecule has 0 bridgehead atoms. The zero-order valence-electron chi connectivity index (χ0n) is 16.0. The number of esters is 1. The van der Waals surface area contributed by atoms with Crippen molar-refractivity contribution in [2.45, 2.75) is 24.7 Å². The van der Waals surface area contributed by atoms with E-state index in [9.17, 15) is 18.0 Å². The van der Waals surface area contributed by atoms with Crippen LogP contribution in [0.2, 0.25) is 5.02 Å². The lowest BCUT2D eigenvalue weighted by atomic mass is 10.0. The zero-order valence-corrected chi connectivity index (χ0v) is 18.4. The molecule has 7 nitrogen and oxygen atoms in total. The summed E-state index contributed by atoms with van der Waals surface area (Å²) in [6, 6.07) is 5.69. The van der Waals surface area contributed by atoms with Crippen LogP contribution in [0.1, 0.15) is 39.8 Å². The highest BCUT2D eigenvalue weighted by Gasteiger charge is 2.31. The third kappa shape index (κ3) is 4.63. The van der Waals surface area contributed by atoms with E-state index in [0.29, 0.717) is 18.8 Å². The van der Waals surface area contributed by atoms with E-state index in [1.165, 1.54) is 29.6 Å². The molecule has 1 aromatic carbocycles. The summed E-state index contributed by atoms with van der Waals surface area (Å²) in [6.07, 6.45) is 1.76. The van der Waals surface area contributed by atoms with Gasteiger partial charge in [-0.15, -0.1) is 11.3 Å². The number of nitrogens with one attached hydrogen (secondary N) is 1. The molecule has 3 rings (SSSR count). The van der Waals surface area contributed by atoms with Gasteiger partial charge in [0.1, 0.15) is 9.77 Å². The Hall–Kier alpha value is -1.94. The van der Waals surface area contributed by atoms with Gasteiger partial charge in [0.25, 0.3) is 5.91 Å². The maximum Gasteiger partial charge on any atom is 0.350 e. The first-order valence-electron chi connectivity index (χ1n) is 9.01. The SMILES string of the molecule is COC(=O)c1sccc1NC(=O)c1ccc(Cl)c(S(=O)(=O)N2CCCC(C)C2)c1. The summed E-state index contributed by atoms with van der Waals surface area (Å²) in [5.41, 5.74) is 0.427. The number of carbonyl (C=O) groups is 2. The monoisotopic (exact) mass is 456 g/mol. The van der Waals surface area contributed by atoms with Gasteiger partial charge in [-0.3, -0.25) is 4.79 Å². The summed E-state index contributed by atoms with van der Waals surface area (Å²) in [5, 5.41) is 4.34. The van der Waals surface area contributed by atoms with E-state index in [0.717, 1.165) is 24.2 Å². The minimum absolute atomic E-state index is 0.0607. The molecule has 2 heterocycles. The molecular weight excluding hydrogens is 436 g/mol. The van der Waals surface area contributed by atoms with Crippen LogP contribution in [0, 0.1) is 5.92 Å². The normalized spacial score (nSPS) is 17.7. The highest BCUT2D eigenvalue weighted by Crippen LogP contribution is 2.30. The van der Waals surface area contributed by atoms with Crippen molar-refractivity contribution in [3.8, 4) is 0 Å². The Labute approximate surface area is 178 Å². The molecule has 156 valence electrons. The van der Waals surface area contributed by atoms with Crippen LogP contribution in [0.3, 0.4) is 0 Å². The average molecular weight is 457 g/mol. The fraction of sp³-hybridized carbons (Fsp3) is 0.368. The number of sulfonamides is 1. The molecule has 29 heavy (non-hydrogen) atoms. The van der Waals surface area contributed by atoms with Gasteiger partial charge in [0.2, 0.25) is 10.0 Å². The molecule has 0 radical (unpaired) electrons. The van der Waals surface area contributed by atoms with Gasteiger partial charge < -0.3 is 10.1 Å². The van der Waals surface area contributed by atoms with Gasteiger partial charge in [0.05, 0.1) is 17.8 Å². The standard InChI is InChI=1S/C19H21ClN2O5S2/c1-12-4-3-8-22(11-12)29(25,26)16-10-13(5-6-14(16)20)18(23)21-15-7-9-28-17(15)19(24)27-2/h5-7,9-10,12H,3-4,8,11H2,1-2H3,(H,21,23). The van der Waals surface area contributed by atoms with E-state index in [2.05, 4.69) is 5.32 Å². The van der Waals surface area contributed by atoms with Crippen molar-refractivity contribution >= 4 is 50.5 Å². The van der Waals surface area contributed by atoms with E-state index in [4.69, 9.17) is 16.3 Å². The van der Waals surface area contributed by atoms with Crippen LogP contribution in [-0.2, 0) is 14.8 Å². The molecule has 1 N–H and O–H groups in total. The van der Waals surface area contributed by atoms with Crippen molar-refractivity contribution < 1.29 is 22.7 Å². The third-order valence-corrected chi connectivity index (χ3v) is 7.96. The number of hydrogen-bond acceptors (Lipinski definition) is 6. The van der Waals surface area contributed by atoms with Gasteiger partial charge in [-0.25, -0.2) is 13.2 Å². The Morgan fingerprint density at radius 1 is 1.31 bits per heavy atom. The number of halogens is 1. The molecular formula is C19H21ClN2O5S2. The predicted molar refractivity (Wildman–Crippen MR) is 112 cm³/mol. The second kappa shape index (κ2) is 8.83. The summed E-state index contributed by atoms with van der Waals surface area (Å²) in [4.78, 5) is 24.6. The molecule has 1 aromatic heterocycles. The molecule has 1 fully saturated rings. The third-order valence-electron chi connectivity index (χ3n) is 4.72. The summed E-state index contributed by atoms with van der Waals surface area (Å²) in [5.74, 6) is -0.846. The van der Waals surface area contributed by atoms with Crippen LogP contribution < -0.4 is 5.32 Å². The fourth-order valence-corrected chi connectivity index (χ4v) is 6.06. The molecule has 0 saturated carbocycles. The van der Waals surface area contributed by atoms with Gasteiger partial charge in [-0.1, -0.05) is 18.5 Å². The molecule has 1 amide bonds. The Morgan fingerprint density at radius 3 is 2.76 bits per heavy atom. The van der Waals surface area contributed by atoms with E-state index < -0.39 is 21.9 Å². The Balaban J connectivity index is 1.88. The fourth-order valence-electron chi connectivity index (χ4n) is 3.20. The van der Waals surface area contributed by atoms with Crippen LogP contribution in [0.5, 0.6) is 0 Å². The van der Waals surface area contributed by atoms with Gasteiger partial charge in [0, 0.05) is 18.7 Å². The van der Waals surface area contributed by atoms with Crippen LogP contribution in [0.4, 0.5) is 5.69 Å². The Kier molecular flexibility index (Phi) is 6.62. The van der Waals surface area contributed by atoms with E-state index in [1.54, 1.807) is 11.4 Å². The highest BCUT2D eigenvalue weighted by molar-refractivity contribution is 7.89. The smallest absolute Gasteiger partial charge is 0.350 e. The molecule has 0 aliphatic carbocycles. The van der Waals surface area contributed by atoms with Crippen LogP contribution in [0.15, 0.2) is 34.5 Å². The number of nitrogens with zero attached hydrogens (tertiary/aromatic N) is 1. The molecule has 1 atom stereocenters. The van der Waals surface area contributed by atoms with Crippen molar-refractivity contribution in [2.75, 3.05) is 25.5 Å². The molecule has 1 aliphatic heterocycles. The van der Waals surface area contributed by atoms with Crippen molar-refractivity contribution in [1.82, 2.24) is 4.31 Å². The van der Waals surface area contributed by atoms with E-state index in [-0.39, 0.29) is 26.3 Å². The largest absolute Gasteiger partial charge is 0.465 e.